The van der Waals surface area contributed by atoms with Crippen molar-refractivity contribution >= 4 is 23.3 Å². The molecule has 0 saturated heterocycles. The van der Waals surface area contributed by atoms with Gasteiger partial charge in [0, 0.05) is 23.7 Å². The Morgan fingerprint density at radius 3 is 2.71 bits per heavy atom. The summed E-state index contributed by atoms with van der Waals surface area (Å²) in [6.07, 6.45) is 1.83. The fraction of sp³-hybridized carbons (Fsp3) is 0.240. The highest BCUT2D eigenvalue weighted by Gasteiger charge is 2.21. The van der Waals surface area contributed by atoms with Gasteiger partial charge in [0.2, 0.25) is 0 Å². The van der Waals surface area contributed by atoms with Crippen molar-refractivity contribution in [2.75, 3.05) is 6.54 Å². The summed E-state index contributed by atoms with van der Waals surface area (Å²) in [6.45, 7) is 0.391. The number of rotatable bonds is 8. The van der Waals surface area contributed by atoms with Crippen LogP contribution in [-0.2, 0) is 12.8 Å². The van der Waals surface area contributed by atoms with Crippen LogP contribution in [0.15, 0.2) is 60.7 Å². The second-order valence-electron chi connectivity index (χ2n) is 8.23. The Labute approximate surface area is 200 Å². The van der Waals surface area contributed by atoms with Gasteiger partial charge in [-0.25, -0.2) is 4.79 Å². The van der Waals surface area contributed by atoms with Crippen molar-refractivity contribution in [2.24, 2.45) is 0 Å². The molecule has 34 heavy (non-hydrogen) atoms. The minimum atomic E-state index is -1.27. The lowest BCUT2D eigenvalue weighted by Gasteiger charge is -2.27. The first-order valence-corrected chi connectivity index (χ1v) is 11.2. The van der Waals surface area contributed by atoms with E-state index >= 15 is 0 Å². The highest BCUT2D eigenvalue weighted by Crippen LogP contribution is 2.31. The Balaban J connectivity index is 1.44. The maximum atomic E-state index is 11.3. The molecular weight excluding hydrogens is 460 g/mol. The average Bonchev–Trinajstić information content (AvgIpc) is 2.82. The van der Waals surface area contributed by atoms with Crippen molar-refractivity contribution in [3.05, 3.63) is 98.1 Å². The van der Waals surface area contributed by atoms with E-state index in [-0.39, 0.29) is 23.0 Å². The Hall–Kier alpha value is -3.46. The average molecular weight is 483 g/mol. The number of aromatic carboxylic acids is 1. The van der Waals surface area contributed by atoms with Crippen molar-refractivity contribution in [3.8, 4) is 11.5 Å². The molecule has 4 rings (SSSR count). The van der Waals surface area contributed by atoms with E-state index in [1.807, 2.05) is 18.2 Å². The Morgan fingerprint density at radius 1 is 1.15 bits per heavy atom. The van der Waals surface area contributed by atoms with E-state index in [0.717, 1.165) is 36.5 Å². The highest BCUT2D eigenvalue weighted by atomic mass is 35.5. The zero-order chi connectivity index (χ0) is 24.2. The molecule has 176 valence electrons. The van der Waals surface area contributed by atoms with Crippen molar-refractivity contribution in [1.82, 2.24) is 5.32 Å². The number of hydrogen-bond donors (Lipinski definition) is 3. The van der Waals surface area contributed by atoms with E-state index in [9.17, 15) is 25.1 Å². The lowest BCUT2D eigenvalue weighted by atomic mass is 9.88. The van der Waals surface area contributed by atoms with E-state index < -0.39 is 17.0 Å². The molecule has 9 heteroatoms. The number of halogens is 1. The number of carboxylic acid groups (broad SMARTS) is 1. The number of benzene rings is 3. The van der Waals surface area contributed by atoms with Gasteiger partial charge >= 0.3 is 5.97 Å². The van der Waals surface area contributed by atoms with Crippen molar-refractivity contribution in [1.29, 1.82) is 0 Å². The van der Waals surface area contributed by atoms with Crippen LogP contribution in [0.2, 0.25) is 5.02 Å². The zero-order valence-corrected chi connectivity index (χ0v) is 18.9. The molecule has 0 heterocycles. The van der Waals surface area contributed by atoms with E-state index in [1.54, 1.807) is 24.3 Å². The van der Waals surface area contributed by atoms with Crippen molar-refractivity contribution < 1.29 is 24.7 Å². The molecule has 3 aromatic carbocycles. The predicted octanol–water partition coefficient (Wildman–Crippen LogP) is 4.92. The number of carboxylic acids is 1. The molecule has 0 aliphatic heterocycles. The first-order chi connectivity index (χ1) is 16.3. The molecule has 3 N–H and O–H groups in total. The molecule has 8 nitrogen and oxygen atoms in total. The number of hydrogen-bond acceptors (Lipinski definition) is 6. The summed E-state index contributed by atoms with van der Waals surface area (Å²) in [5, 5.41) is 34.9. The standard InChI is InChI=1S/C25H23ClN2O6/c26-19-3-1-2-16(8-19)24(29)14-27-20-6-4-15-5-7-22(11-17(15)9-20)34-23-12-18(25(30)31)10-21(13-23)28(32)33/h1-3,5,7-8,10-13,20,24,27,29H,4,6,9,14H2,(H,30,31)/t20-,24+/m0/s1. The quantitative estimate of drug-likeness (QED) is 0.307. The van der Waals surface area contributed by atoms with Gasteiger partial charge in [-0.2, -0.15) is 0 Å². The van der Waals surface area contributed by atoms with Gasteiger partial charge in [-0.1, -0.05) is 29.8 Å². The summed E-state index contributed by atoms with van der Waals surface area (Å²) in [5.41, 5.74) is 2.44. The van der Waals surface area contributed by atoms with Gasteiger partial charge in [0.15, 0.2) is 0 Å². The molecule has 0 fully saturated rings. The van der Waals surface area contributed by atoms with Crippen LogP contribution in [0.1, 0.15) is 39.6 Å². The Kier molecular flexibility index (Phi) is 7.12. The lowest BCUT2D eigenvalue weighted by molar-refractivity contribution is -0.384. The van der Waals surface area contributed by atoms with Crippen LogP contribution in [0.3, 0.4) is 0 Å². The molecule has 0 spiro atoms. The van der Waals surface area contributed by atoms with Gasteiger partial charge in [-0.05, 0) is 66.3 Å². The molecule has 0 unspecified atom stereocenters. The molecule has 1 aliphatic rings. The number of carbonyl (C=O) groups is 1. The first kappa shape index (κ1) is 23.7. The van der Waals surface area contributed by atoms with Crippen LogP contribution < -0.4 is 10.1 Å². The smallest absolute Gasteiger partial charge is 0.336 e. The monoisotopic (exact) mass is 482 g/mol. The minimum absolute atomic E-state index is 0.0849. The van der Waals surface area contributed by atoms with Gasteiger partial charge in [0.05, 0.1) is 22.7 Å². The molecular formula is C25H23ClN2O6. The van der Waals surface area contributed by atoms with E-state index in [0.29, 0.717) is 17.3 Å². The highest BCUT2D eigenvalue weighted by molar-refractivity contribution is 6.30. The SMILES string of the molecule is O=C(O)c1cc(Oc2ccc3c(c2)C[C@@H](NC[C@@H](O)c2cccc(Cl)c2)CC3)cc([N+](=O)[O-])c1. The number of nitro benzene ring substituents is 1. The molecule has 0 amide bonds. The third-order valence-electron chi connectivity index (χ3n) is 5.82. The zero-order valence-electron chi connectivity index (χ0n) is 18.1. The summed E-state index contributed by atoms with van der Waals surface area (Å²) in [5.74, 6) is -0.718. The van der Waals surface area contributed by atoms with Crippen LogP contribution in [0.25, 0.3) is 0 Å². The number of non-ortho nitro benzene ring substituents is 1. The number of nitrogens with one attached hydrogen (secondary N) is 1. The van der Waals surface area contributed by atoms with E-state index in [1.165, 1.54) is 17.7 Å². The van der Waals surface area contributed by atoms with Crippen LogP contribution in [-0.4, -0.2) is 33.7 Å². The molecule has 0 bridgehead atoms. The van der Waals surface area contributed by atoms with Gasteiger partial charge in [-0.3, -0.25) is 10.1 Å². The maximum Gasteiger partial charge on any atom is 0.336 e. The topological polar surface area (TPSA) is 122 Å². The fourth-order valence-electron chi connectivity index (χ4n) is 4.09. The van der Waals surface area contributed by atoms with Crippen molar-refractivity contribution in [2.45, 2.75) is 31.4 Å². The first-order valence-electron chi connectivity index (χ1n) is 10.8. The maximum absolute atomic E-state index is 11.3. The summed E-state index contributed by atoms with van der Waals surface area (Å²) in [7, 11) is 0. The molecule has 0 saturated carbocycles. The molecule has 3 aromatic rings. The number of nitrogens with zero attached hydrogens (tertiary/aromatic N) is 1. The molecule has 0 radical (unpaired) electrons. The third-order valence-corrected chi connectivity index (χ3v) is 6.06. The van der Waals surface area contributed by atoms with Gasteiger partial charge in [-0.15, -0.1) is 0 Å². The molecule has 0 aromatic heterocycles. The number of aliphatic hydroxyl groups excluding tert-OH is 1. The van der Waals surface area contributed by atoms with E-state index in [2.05, 4.69) is 5.32 Å². The Bertz CT molecular complexity index is 1200. The number of aryl methyl sites for hydroxylation is 1. The minimum Gasteiger partial charge on any atom is -0.478 e. The lowest BCUT2D eigenvalue weighted by Crippen LogP contribution is -2.37. The fourth-order valence-corrected chi connectivity index (χ4v) is 4.29. The van der Waals surface area contributed by atoms with Crippen LogP contribution >= 0.6 is 11.6 Å². The number of aliphatic hydroxyl groups is 1. The summed E-state index contributed by atoms with van der Waals surface area (Å²) < 4.78 is 5.79. The van der Waals surface area contributed by atoms with Crippen LogP contribution in [0.4, 0.5) is 5.69 Å². The predicted molar refractivity (Wildman–Crippen MR) is 127 cm³/mol. The van der Waals surface area contributed by atoms with E-state index in [4.69, 9.17) is 16.3 Å². The number of nitro groups is 1. The van der Waals surface area contributed by atoms with Gasteiger partial charge in [0.25, 0.3) is 5.69 Å². The van der Waals surface area contributed by atoms with Gasteiger partial charge in [0.1, 0.15) is 11.5 Å². The second-order valence-corrected chi connectivity index (χ2v) is 8.67. The summed E-state index contributed by atoms with van der Waals surface area (Å²) >= 11 is 6.01. The third kappa shape index (κ3) is 5.72. The number of ether oxygens (including phenoxy) is 1. The van der Waals surface area contributed by atoms with Crippen LogP contribution in [0.5, 0.6) is 11.5 Å². The van der Waals surface area contributed by atoms with Gasteiger partial charge < -0.3 is 20.3 Å². The second kappa shape index (κ2) is 10.2. The Morgan fingerprint density at radius 2 is 1.97 bits per heavy atom. The number of fused-ring (bicyclic) bond motifs is 1. The molecule has 1 aliphatic carbocycles. The largest absolute Gasteiger partial charge is 0.478 e. The summed E-state index contributed by atoms with van der Waals surface area (Å²) in [6, 6.07) is 16.4. The normalized spacial score (nSPS) is 15.9. The van der Waals surface area contributed by atoms with Crippen molar-refractivity contribution in [3.63, 3.8) is 0 Å². The summed E-state index contributed by atoms with van der Waals surface area (Å²) in [4.78, 5) is 21.8. The van der Waals surface area contributed by atoms with Crippen LogP contribution in [0, 0.1) is 10.1 Å². The molecule has 2 atom stereocenters.